The number of carbonyl (C=O) groups excluding carboxylic acids is 2. The van der Waals surface area contributed by atoms with Gasteiger partial charge < -0.3 is 10.1 Å². The molecule has 0 unspecified atom stereocenters. The summed E-state index contributed by atoms with van der Waals surface area (Å²) in [5.41, 5.74) is 5.31. The normalized spacial score (nSPS) is 21.1. The maximum absolute atomic E-state index is 13.9. The summed E-state index contributed by atoms with van der Waals surface area (Å²) in [5.74, 6) is 1.31. The zero-order valence-corrected chi connectivity index (χ0v) is 23.8. The second-order valence-corrected chi connectivity index (χ2v) is 12.2. The Balaban J connectivity index is 1.29. The molecule has 2 aromatic carbocycles. The van der Waals surface area contributed by atoms with Crippen molar-refractivity contribution in [2.45, 2.75) is 69.7 Å². The van der Waals surface area contributed by atoms with Crippen LogP contribution in [-0.4, -0.2) is 39.7 Å². The van der Waals surface area contributed by atoms with Crippen molar-refractivity contribution in [2.24, 2.45) is 4.99 Å². The number of aliphatic imine (C=N–C) groups is 1. The Morgan fingerprint density at radius 3 is 2.72 bits per heavy atom. The number of aromatic nitrogens is 2. The predicted octanol–water partition coefficient (Wildman–Crippen LogP) is 5.89. The van der Waals surface area contributed by atoms with Crippen LogP contribution in [0.2, 0.25) is 0 Å². The summed E-state index contributed by atoms with van der Waals surface area (Å²) >= 11 is 1.49. The average molecular weight is 542 g/mol. The van der Waals surface area contributed by atoms with Gasteiger partial charge in [0, 0.05) is 23.2 Å². The van der Waals surface area contributed by atoms with Crippen LogP contribution in [0.15, 0.2) is 52.7 Å². The quantitative estimate of drug-likeness (QED) is 0.326. The number of anilines is 2. The second-order valence-electron chi connectivity index (χ2n) is 11.5. The fraction of sp³-hybridized carbons (Fsp3) is 0.367. The monoisotopic (exact) mass is 541 g/mol. The zero-order chi connectivity index (χ0) is 27.7. The third-order valence-electron chi connectivity index (χ3n) is 7.56. The van der Waals surface area contributed by atoms with E-state index >= 15 is 0 Å². The summed E-state index contributed by atoms with van der Waals surface area (Å²) in [6.45, 7) is 9.95. The van der Waals surface area contributed by atoms with Crippen molar-refractivity contribution in [3.63, 3.8) is 0 Å². The lowest BCUT2D eigenvalue weighted by molar-refractivity contribution is -0.120. The molecule has 3 aliphatic rings. The van der Waals surface area contributed by atoms with E-state index in [4.69, 9.17) is 9.73 Å². The van der Waals surface area contributed by atoms with Gasteiger partial charge in [-0.05, 0) is 70.1 Å². The molecule has 1 spiro atoms. The molecule has 1 saturated carbocycles. The Bertz CT molecular complexity index is 1580. The molecule has 1 aromatic heterocycles. The van der Waals surface area contributed by atoms with Gasteiger partial charge in [-0.15, -0.1) is 0 Å². The number of hydrogen-bond acceptors (Lipinski definition) is 8. The predicted molar refractivity (Wildman–Crippen MR) is 153 cm³/mol. The van der Waals surface area contributed by atoms with E-state index in [1.807, 2.05) is 44.5 Å². The largest absolute Gasteiger partial charge is 0.443 e. The maximum Gasteiger partial charge on any atom is 0.421 e. The fourth-order valence-electron chi connectivity index (χ4n) is 5.63. The van der Waals surface area contributed by atoms with Gasteiger partial charge in [0.15, 0.2) is 5.16 Å². The lowest BCUT2D eigenvalue weighted by Gasteiger charge is -2.24. The molecular formula is C30H31N5O3S. The Labute approximate surface area is 232 Å². The minimum absolute atomic E-state index is 0.0199. The highest BCUT2D eigenvalue weighted by Crippen LogP contribution is 2.66. The minimum Gasteiger partial charge on any atom is -0.443 e. The fourth-order valence-corrected chi connectivity index (χ4v) is 5.97. The standard InChI is InChI=1S/C30H31N5O3S/c1-16-7-10-23-21(11-16)30(26(36)35(23)28(37)38-29(3,4)5)13-22(30)18-8-9-20-19(12-18)15-31-25(20)33-24-17(2)14-32-27(34-24)39-6/h7-12,14,22H,13,15H2,1-6H3,(H,31,32,33,34)/t22-,30-/m0/s1. The van der Waals surface area contributed by atoms with Crippen LogP contribution in [0.3, 0.4) is 0 Å². The van der Waals surface area contributed by atoms with Crippen molar-refractivity contribution >= 4 is 41.1 Å². The van der Waals surface area contributed by atoms with E-state index in [1.165, 1.54) is 16.7 Å². The molecule has 1 fully saturated rings. The molecule has 200 valence electrons. The van der Waals surface area contributed by atoms with Gasteiger partial charge >= 0.3 is 6.09 Å². The number of thioether (sulfide) groups is 1. The number of amidine groups is 1. The number of benzene rings is 2. The third-order valence-corrected chi connectivity index (χ3v) is 8.12. The summed E-state index contributed by atoms with van der Waals surface area (Å²) in [7, 11) is 0. The summed E-state index contributed by atoms with van der Waals surface area (Å²) in [6.07, 6.45) is 3.79. The van der Waals surface area contributed by atoms with E-state index in [2.05, 4.69) is 33.5 Å². The third kappa shape index (κ3) is 4.19. The average Bonchev–Trinajstić information content (AvgIpc) is 3.45. The van der Waals surface area contributed by atoms with Crippen LogP contribution in [0, 0.1) is 13.8 Å². The van der Waals surface area contributed by atoms with Crippen molar-refractivity contribution in [2.75, 3.05) is 16.5 Å². The van der Waals surface area contributed by atoms with E-state index in [0.717, 1.165) is 45.0 Å². The van der Waals surface area contributed by atoms with Crippen molar-refractivity contribution < 1.29 is 14.3 Å². The van der Waals surface area contributed by atoms with Crippen LogP contribution >= 0.6 is 11.8 Å². The van der Waals surface area contributed by atoms with E-state index in [9.17, 15) is 9.59 Å². The molecule has 39 heavy (non-hydrogen) atoms. The smallest absolute Gasteiger partial charge is 0.421 e. The summed E-state index contributed by atoms with van der Waals surface area (Å²) < 4.78 is 5.62. The molecule has 2 atom stereocenters. The highest BCUT2D eigenvalue weighted by Gasteiger charge is 2.68. The number of imide groups is 1. The van der Waals surface area contributed by atoms with Crippen molar-refractivity contribution in [3.05, 3.63) is 76.0 Å². The van der Waals surface area contributed by atoms with Gasteiger partial charge in [-0.25, -0.2) is 19.7 Å². The number of nitrogens with zero attached hydrogens (tertiary/aromatic N) is 4. The van der Waals surface area contributed by atoms with Gasteiger partial charge in [0.25, 0.3) is 0 Å². The molecular weight excluding hydrogens is 510 g/mol. The summed E-state index contributed by atoms with van der Waals surface area (Å²) in [5, 5.41) is 4.09. The number of ether oxygens (including phenoxy) is 1. The van der Waals surface area contributed by atoms with E-state index < -0.39 is 17.1 Å². The second kappa shape index (κ2) is 8.91. The molecule has 3 aromatic rings. The molecule has 0 radical (unpaired) electrons. The van der Waals surface area contributed by atoms with Crippen LogP contribution in [0.25, 0.3) is 0 Å². The molecule has 8 nitrogen and oxygen atoms in total. The number of amides is 2. The molecule has 9 heteroatoms. The Kier molecular flexibility index (Phi) is 5.84. The van der Waals surface area contributed by atoms with Crippen LogP contribution < -0.4 is 10.2 Å². The number of carbonyl (C=O) groups is 2. The van der Waals surface area contributed by atoms with Gasteiger partial charge in [-0.1, -0.05) is 47.7 Å². The number of fused-ring (bicyclic) bond motifs is 3. The molecule has 0 saturated heterocycles. The van der Waals surface area contributed by atoms with Gasteiger partial charge in [0.1, 0.15) is 17.3 Å². The molecule has 3 heterocycles. The number of hydrogen-bond donors (Lipinski definition) is 1. The number of aryl methyl sites for hydroxylation is 2. The van der Waals surface area contributed by atoms with E-state index in [-0.39, 0.29) is 11.8 Å². The van der Waals surface area contributed by atoms with E-state index in [1.54, 1.807) is 20.8 Å². The lowest BCUT2D eigenvalue weighted by Crippen LogP contribution is -2.41. The van der Waals surface area contributed by atoms with Crippen molar-refractivity contribution in [3.8, 4) is 0 Å². The highest BCUT2D eigenvalue weighted by molar-refractivity contribution is 7.98. The van der Waals surface area contributed by atoms with Crippen LogP contribution in [-0.2, 0) is 21.5 Å². The molecule has 2 aliphatic heterocycles. The minimum atomic E-state index is -0.751. The van der Waals surface area contributed by atoms with Gasteiger partial charge in [-0.3, -0.25) is 9.79 Å². The van der Waals surface area contributed by atoms with Crippen molar-refractivity contribution in [1.82, 2.24) is 9.97 Å². The summed E-state index contributed by atoms with van der Waals surface area (Å²) in [4.78, 5) is 41.9. The number of rotatable bonds is 3. The lowest BCUT2D eigenvalue weighted by atomic mass is 9.90. The Morgan fingerprint density at radius 1 is 1.18 bits per heavy atom. The first-order valence-corrected chi connectivity index (χ1v) is 14.3. The molecule has 6 rings (SSSR count). The first kappa shape index (κ1) is 25.6. The maximum atomic E-state index is 13.9. The van der Waals surface area contributed by atoms with Gasteiger partial charge in [-0.2, -0.15) is 0 Å². The first-order chi connectivity index (χ1) is 18.5. The Hall–Kier alpha value is -3.72. The molecule has 0 bridgehead atoms. The van der Waals surface area contributed by atoms with E-state index in [0.29, 0.717) is 23.8 Å². The summed E-state index contributed by atoms with van der Waals surface area (Å²) in [6, 6.07) is 12.2. The molecule has 2 amide bonds. The van der Waals surface area contributed by atoms with Crippen LogP contribution in [0.5, 0.6) is 0 Å². The topological polar surface area (TPSA) is 96.8 Å². The first-order valence-electron chi connectivity index (χ1n) is 13.0. The number of nitrogens with one attached hydrogen (secondary N) is 1. The zero-order valence-electron chi connectivity index (χ0n) is 23.0. The van der Waals surface area contributed by atoms with Gasteiger partial charge in [0.2, 0.25) is 5.91 Å². The highest BCUT2D eigenvalue weighted by atomic mass is 32.2. The molecule has 1 aliphatic carbocycles. The van der Waals surface area contributed by atoms with Crippen LogP contribution in [0.1, 0.15) is 66.5 Å². The SMILES string of the molecule is CSc1ncc(C)c(NC2=NCc3cc([C@@H]4C[C@@]45C(=O)N(C(=O)OC(C)(C)C)c4ccc(C)cc45)ccc32)n1. The van der Waals surface area contributed by atoms with Crippen LogP contribution in [0.4, 0.5) is 16.3 Å². The Morgan fingerprint density at radius 2 is 1.97 bits per heavy atom. The van der Waals surface area contributed by atoms with Crippen molar-refractivity contribution in [1.29, 1.82) is 0 Å². The van der Waals surface area contributed by atoms with Gasteiger partial charge in [0.05, 0.1) is 17.6 Å². The molecule has 1 N–H and O–H groups in total.